The van der Waals surface area contributed by atoms with Gasteiger partial charge in [-0.1, -0.05) is 0 Å². The lowest BCUT2D eigenvalue weighted by Crippen LogP contribution is -2.59. The van der Waals surface area contributed by atoms with Crippen molar-refractivity contribution < 1.29 is 4.74 Å². The van der Waals surface area contributed by atoms with Gasteiger partial charge in [-0.2, -0.15) is 12.6 Å². The van der Waals surface area contributed by atoms with Crippen LogP contribution in [0.15, 0.2) is 18.3 Å². The lowest BCUT2D eigenvalue weighted by molar-refractivity contribution is -0.108. The highest BCUT2D eigenvalue weighted by molar-refractivity contribution is 7.80. The number of ether oxygens (including phenoxy) is 1. The number of nitrogens with zero attached hydrogens (tertiary/aromatic N) is 3. The van der Waals surface area contributed by atoms with E-state index in [1.54, 1.807) is 0 Å². The number of thiol groups is 1. The molecule has 5 heteroatoms. The molecule has 3 heterocycles. The summed E-state index contributed by atoms with van der Waals surface area (Å²) in [5.41, 5.74) is 2.23. The third-order valence-corrected chi connectivity index (χ3v) is 4.81. The first-order chi connectivity index (χ1) is 10.1. The molecule has 0 aromatic carbocycles. The van der Waals surface area contributed by atoms with Gasteiger partial charge in [0, 0.05) is 31.4 Å². The van der Waals surface area contributed by atoms with E-state index < -0.39 is 0 Å². The molecule has 116 valence electrons. The summed E-state index contributed by atoms with van der Waals surface area (Å²) in [6.45, 7) is 7.02. The monoisotopic (exact) mass is 307 g/mol. The van der Waals surface area contributed by atoms with Crippen molar-refractivity contribution in [1.82, 2.24) is 9.88 Å². The zero-order valence-corrected chi connectivity index (χ0v) is 13.9. The van der Waals surface area contributed by atoms with Gasteiger partial charge in [-0.25, -0.2) is 0 Å². The summed E-state index contributed by atoms with van der Waals surface area (Å²) >= 11 is 4.44. The first-order valence-corrected chi connectivity index (χ1v) is 8.31. The molecule has 1 aromatic heterocycles. The van der Waals surface area contributed by atoms with Crippen molar-refractivity contribution in [3.63, 3.8) is 0 Å². The van der Waals surface area contributed by atoms with E-state index in [2.05, 4.69) is 46.6 Å². The van der Waals surface area contributed by atoms with Crippen molar-refractivity contribution in [3.05, 3.63) is 24.0 Å². The lowest BCUT2D eigenvalue weighted by Gasteiger charge is -2.47. The number of hydrogen-bond donors (Lipinski definition) is 1. The number of anilines is 1. The molecule has 2 aliphatic rings. The number of morpholine rings is 1. The van der Waals surface area contributed by atoms with Crippen LogP contribution in [0.4, 0.5) is 5.69 Å². The van der Waals surface area contributed by atoms with E-state index in [4.69, 9.17) is 4.74 Å². The smallest absolute Gasteiger partial charge is 0.0983 e. The maximum absolute atomic E-state index is 6.17. The highest BCUT2D eigenvalue weighted by Crippen LogP contribution is 2.31. The molecule has 2 fully saturated rings. The minimum Gasteiger partial charge on any atom is -0.370 e. The molecule has 1 aromatic rings. The first kappa shape index (κ1) is 15.1. The van der Waals surface area contributed by atoms with Crippen LogP contribution in [0, 0.1) is 0 Å². The van der Waals surface area contributed by atoms with Gasteiger partial charge in [-0.15, -0.1) is 0 Å². The van der Waals surface area contributed by atoms with E-state index >= 15 is 0 Å². The average Bonchev–Trinajstić information content (AvgIpc) is 2.47. The largest absolute Gasteiger partial charge is 0.370 e. The number of likely N-dealkylation sites (N-methyl/N-ethyl adjacent to an activating group) is 1. The van der Waals surface area contributed by atoms with Crippen LogP contribution in [0.2, 0.25) is 0 Å². The van der Waals surface area contributed by atoms with Gasteiger partial charge >= 0.3 is 0 Å². The summed E-state index contributed by atoms with van der Waals surface area (Å²) in [6.07, 6.45) is 4.32. The zero-order valence-electron chi connectivity index (χ0n) is 13.0. The molecular formula is C16H25N3OS. The summed E-state index contributed by atoms with van der Waals surface area (Å²) in [6, 6.07) is 4.25. The molecule has 2 aliphatic heterocycles. The van der Waals surface area contributed by atoms with Crippen molar-refractivity contribution >= 4 is 18.3 Å². The van der Waals surface area contributed by atoms with Crippen LogP contribution in [0.1, 0.15) is 30.7 Å². The Bertz CT molecular complexity index is 475. The molecule has 2 atom stereocenters. The standard InChI is InChI=1S/C16H25N3OS/c1-13(21)15-5-4-14(10-17-15)19-7-3-6-16(12-19)11-18(2)8-9-20-16/h4-5,10,13,21H,3,6-9,11-12H2,1-2H3/t13?,16-/m1/s1. The summed E-state index contributed by atoms with van der Waals surface area (Å²) in [4.78, 5) is 9.34. The quantitative estimate of drug-likeness (QED) is 0.849. The molecule has 1 spiro atoms. The summed E-state index contributed by atoms with van der Waals surface area (Å²) in [5.74, 6) is 0. The Balaban J connectivity index is 1.73. The molecule has 3 rings (SSSR count). The van der Waals surface area contributed by atoms with E-state index in [-0.39, 0.29) is 10.9 Å². The molecule has 0 bridgehead atoms. The van der Waals surface area contributed by atoms with Crippen LogP contribution in [0.5, 0.6) is 0 Å². The van der Waals surface area contributed by atoms with E-state index in [9.17, 15) is 0 Å². The van der Waals surface area contributed by atoms with Gasteiger partial charge in [0.05, 0.1) is 29.8 Å². The SMILES string of the molecule is CC(S)c1ccc(N2CCC[C@@]3(CN(C)CCO3)C2)cn1. The third-order valence-electron chi connectivity index (χ3n) is 4.54. The summed E-state index contributed by atoms with van der Waals surface area (Å²) < 4.78 is 6.17. The van der Waals surface area contributed by atoms with Crippen LogP contribution in [-0.2, 0) is 4.74 Å². The molecule has 0 radical (unpaired) electrons. The van der Waals surface area contributed by atoms with Gasteiger partial charge in [-0.05, 0) is 38.9 Å². The van der Waals surface area contributed by atoms with Gasteiger partial charge < -0.3 is 14.5 Å². The van der Waals surface area contributed by atoms with Crippen LogP contribution in [0.3, 0.4) is 0 Å². The average molecular weight is 307 g/mol. The number of hydrogen-bond acceptors (Lipinski definition) is 5. The van der Waals surface area contributed by atoms with Gasteiger partial charge in [0.25, 0.3) is 0 Å². The fraction of sp³-hybridized carbons (Fsp3) is 0.688. The first-order valence-electron chi connectivity index (χ1n) is 7.79. The number of piperidine rings is 1. The molecule has 1 unspecified atom stereocenters. The number of rotatable bonds is 2. The predicted molar refractivity (Wildman–Crippen MR) is 89.3 cm³/mol. The van der Waals surface area contributed by atoms with Crippen LogP contribution < -0.4 is 4.90 Å². The van der Waals surface area contributed by atoms with E-state index in [0.717, 1.165) is 44.9 Å². The van der Waals surface area contributed by atoms with Crippen molar-refractivity contribution in [2.75, 3.05) is 44.7 Å². The predicted octanol–water partition coefficient (Wildman–Crippen LogP) is 2.37. The molecule has 21 heavy (non-hydrogen) atoms. The Kier molecular flexibility index (Phi) is 4.43. The van der Waals surface area contributed by atoms with Crippen molar-refractivity contribution in [2.45, 2.75) is 30.6 Å². The summed E-state index contributed by atoms with van der Waals surface area (Å²) in [5, 5.41) is 0.182. The topological polar surface area (TPSA) is 28.6 Å². The van der Waals surface area contributed by atoms with Crippen molar-refractivity contribution in [1.29, 1.82) is 0 Å². The second-order valence-electron chi connectivity index (χ2n) is 6.41. The van der Waals surface area contributed by atoms with E-state index in [1.165, 1.54) is 12.1 Å². The second kappa shape index (κ2) is 6.15. The van der Waals surface area contributed by atoms with Gasteiger partial charge in [0.15, 0.2) is 0 Å². The molecule has 2 saturated heterocycles. The second-order valence-corrected chi connectivity index (χ2v) is 7.19. The fourth-order valence-electron chi connectivity index (χ4n) is 3.43. The van der Waals surface area contributed by atoms with E-state index in [0.29, 0.717) is 0 Å². The van der Waals surface area contributed by atoms with E-state index in [1.807, 2.05) is 13.1 Å². The third kappa shape index (κ3) is 3.35. The Hall–Kier alpha value is -0.780. The Morgan fingerprint density at radius 3 is 2.86 bits per heavy atom. The van der Waals surface area contributed by atoms with Crippen molar-refractivity contribution in [2.24, 2.45) is 0 Å². The van der Waals surface area contributed by atoms with Gasteiger partial charge in [-0.3, -0.25) is 4.98 Å². The molecule has 0 N–H and O–H groups in total. The Morgan fingerprint density at radius 2 is 2.19 bits per heavy atom. The fourth-order valence-corrected chi connectivity index (χ4v) is 3.58. The van der Waals surface area contributed by atoms with Crippen LogP contribution >= 0.6 is 12.6 Å². The molecule has 0 aliphatic carbocycles. The number of aromatic nitrogens is 1. The Labute approximate surface area is 132 Å². The minimum atomic E-state index is 0.000754. The maximum Gasteiger partial charge on any atom is 0.0983 e. The highest BCUT2D eigenvalue weighted by Gasteiger charge is 2.39. The number of pyridine rings is 1. The lowest BCUT2D eigenvalue weighted by atomic mass is 9.90. The molecule has 0 saturated carbocycles. The zero-order chi connectivity index (χ0) is 14.9. The maximum atomic E-state index is 6.17. The Morgan fingerprint density at radius 1 is 1.33 bits per heavy atom. The van der Waals surface area contributed by atoms with Crippen molar-refractivity contribution in [3.8, 4) is 0 Å². The minimum absolute atomic E-state index is 0.000754. The highest BCUT2D eigenvalue weighted by atomic mass is 32.1. The molecular weight excluding hydrogens is 282 g/mol. The van der Waals surface area contributed by atoms with Gasteiger partial charge in [0.2, 0.25) is 0 Å². The normalized spacial score (nSPS) is 28.8. The van der Waals surface area contributed by atoms with Crippen LogP contribution in [-0.4, -0.2) is 55.3 Å². The van der Waals surface area contributed by atoms with Gasteiger partial charge in [0.1, 0.15) is 0 Å². The van der Waals surface area contributed by atoms with Crippen LogP contribution in [0.25, 0.3) is 0 Å². The summed E-state index contributed by atoms with van der Waals surface area (Å²) in [7, 11) is 2.19. The molecule has 0 amide bonds. The molecule has 4 nitrogen and oxygen atoms in total.